The number of hydrogen-bond acceptors (Lipinski definition) is 3. The fourth-order valence-electron chi connectivity index (χ4n) is 1.60. The molecule has 0 radical (unpaired) electrons. The van der Waals surface area contributed by atoms with E-state index in [4.69, 9.17) is 5.11 Å². The minimum Gasteiger partial charge on any atom is -0.396 e. The highest BCUT2D eigenvalue weighted by Gasteiger charge is 2.31. The summed E-state index contributed by atoms with van der Waals surface area (Å²) in [6.45, 7) is 1.16. The predicted molar refractivity (Wildman–Crippen MR) is 53.5 cm³/mol. The van der Waals surface area contributed by atoms with Gasteiger partial charge in [-0.05, 0) is 0 Å². The van der Waals surface area contributed by atoms with Gasteiger partial charge in [0.1, 0.15) is 5.56 Å². The van der Waals surface area contributed by atoms with Crippen molar-refractivity contribution >= 4 is 5.91 Å². The van der Waals surface area contributed by atoms with Gasteiger partial charge in [-0.1, -0.05) is 0 Å². The van der Waals surface area contributed by atoms with Crippen molar-refractivity contribution in [1.29, 1.82) is 0 Å². The van der Waals surface area contributed by atoms with E-state index in [1.165, 1.54) is 18.5 Å². The molecule has 0 aromatic carbocycles. The number of carbonyl (C=O) groups excluding carboxylic acids is 1. The molecule has 80 valence electrons. The fraction of sp³-hybridized carbons (Fsp3) is 0.400. The molecule has 0 atom stereocenters. The topological polar surface area (TPSA) is 73.4 Å². The molecule has 1 aromatic heterocycles. The Morgan fingerprint density at radius 3 is 2.93 bits per heavy atom. The van der Waals surface area contributed by atoms with Crippen LogP contribution in [-0.4, -0.2) is 40.6 Å². The van der Waals surface area contributed by atoms with E-state index in [-0.39, 0.29) is 29.4 Å². The van der Waals surface area contributed by atoms with Gasteiger partial charge in [0.25, 0.3) is 5.91 Å². The summed E-state index contributed by atoms with van der Waals surface area (Å²) in [4.78, 5) is 27.3. The highest BCUT2D eigenvalue weighted by molar-refractivity contribution is 5.94. The second-order valence-corrected chi connectivity index (χ2v) is 3.68. The summed E-state index contributed by atoms with van der Waals surface area (Å²) < 4.78 is 0. The quantitative estimate of drug-likeness (QED) is 0.684. The van der Waals surface area contributed by atoms with Gasteiger partial charge in [-0.3, -0.25) is 9.59 Å². The average molecular weight is 208 g/mol. The third-order valence-corrected chi connectivity index (χ3v) is 2.56. The molecule has 1 saturated heterocycles. The third kappa shape index (κ3) is 1.78. The van der Waals surface area contributed by atoms with Crippen LogP contribution in [0.25, 0.3) is 0 Å². The summed E-state index contributed by atoms with van der Waals surface area (Å²) in [7, 11) is 0. The third-order valence-electron chi connectivity index (χ3n) is 2.56. The number of nitrogens with zero attached hydrogens (tertiary/aromatic N) is 1. The molecule has 0 spiro atoms. The zero-order valence-electron chi connectivity index (χ0n) is 8.14. The number of aliphatic hydroxyl groups excluding tert-OH is 1. The van der Waals surface area contributed by atoms with Crippen molar-refractivity contribution < 1.29 is 9.90 Å². The molecular weight excluding hydrogens is 196 g/mol. The van der Waals surface area contributed by atoms with E-state index in [9.17, 15) is 9.59 Å². The molecule has 5 heteroatoms. The number of amides is 1. The molecule has 15 heavy (non-hydrogen) atoms. The lowest BCUT2D eigenvalue weighted by molar-refractivity contribution is 0.0360. The van der Waals surface area contributed by atoms with E-state index in [1.807, 2.05) is 0 Å². The first-order valence-corrected chi connectivity index (χ1v) is 4.79. The zero-order chi connectivity index (χ0) is 10.8. The van der Waals surface area contributed by atoms with Gasteiger partial charge in [-0.2, -0.15) is 0 Å². The summed E-state index contributed by atoms with van der Waals surface area (Å²) in [5, 5.41) is 8.80. The normalized spacial score (nSPS) is 16.2. The van der Waals surface area contributed by atoms with E-state index in [2.05, 4.69) is 4.98 Å². The molecule has 0 saturated carbocycles. The largest absolute Gasteiger partial charge is 0.396 e. The highest BCUT2D eigenvalue weighted by atomic mass is 16.3. The molecule has 1 amide bonds. The van der Waals surface area contributed by atoms with Gasteiger partial charge < -0.3 is 15.0 Å². The van der Waals surface area contributed by atoms with E-state index in [0.717, 1.165) is 0 Å². The van der Waals surface area contributed by atoms with Gasteiger partial charge in [0.05, 0.1) is 0 Å². The summed E-state index contributed by atoms with van der Waals surface area (Å²) in [5.41, 5.74) is -0.111. The van der Waals surface area contributed by atoms with Crippen LogP contribution in [0.3, 0.4) is 0 Å². The van der Waals surface area contributed by atoms with E-state index >= 15 is 0 Å². The van der Waals surface area contributed by atoms with E-state index in [1.54, 1.807) is 4.90 Å². The van der Waals surface area contributed by atoms with Crippen molar-refractivity contribution in [2.75, 3.05) is 19.7 Å². The Morgan fingerprint density at radius 2 is 2.33 bits per heavy atom. The number of pyridine rings is 1. The summed E-state index contributed by atoms with van der Waals surface area (Å²) >= 11 is 0. The number of H-pyrrole nitrogens is 1. The van der Waals surface area contributed by atoms with Crippen LogP contribution >= 0.6 is 0 Å². The van der Waals surface area contributed by atoms with Crippen molar-refractivity contribution in [2.24, 2.45) is 5.92 Å². The predicted octanol–water partition coefficient (Wildman–Crippen LogP) is -0.561. The lowest BCUT2D eigenvalue weighted by atomic mass is 10.0. The SMILES string of the molecule is O=C(c1c[nH]ccc1=O)N1CC(CO)C1. The van der Waals surface area contributed by atoms with Gasteiger partial charge in [0.15, 0.2) is 5.43 Å². The van der Waals surface area contributed by atoms with Crippen LogP contribution in [0.2, 0.25) is 0 Å². The van der Waals surface area contributed by atoms with Gasteiger partial charge in [-0.25, -0.2) is 0 Å². The highest BCUT2D eigenvalue weighted by Crippen LogP contribution is 2.16. The standard InChI is InChI=1S/C10H12N2O3/c13-6-7-4-12(5-7)10(15)8-3-11-2-1-9(8)14/h1-3,7,13H,4-6H2,(H,11,14). The van der Waals surface area contributed by atoms with Crippen LogP contribution in [0.15, 0.2) is 23.3 Å². The van der Waals surface area contributed by atoms with Gasteiger partial charge in [-0.15, -0.1) is 0 Å². The van der Waals surface area contributed by atoms with Gasteiger partial charge in [0, 0.05) is 44.1 Å². The first-order valence-electron chi connectivity index (χ1n) is 4.79. The molecule has 0 bridgehead atoms. The molecule has 1 aliphatic heterocycles. The molecule has 2 N–H and O–H groups in total. The maximum absolute atomic E-state index is 11.7. The number of rotatable bonds is 2. The van der Waals surface area contributed by atoms with Gasteiger partial charge >= 0.3 is 0 Å². The Hall–Kier alpha value is -1.62. The van der Waals surface area contributed by atoms with Crippen LogP contribution in [0.4, 0.5) is 0 Å². The van der Waals surface area contributed by atoms with Crippen molar-refractivity contribution in [3.63, 3.8) is 0 Å². The number of aromatic nitrogens is 1. The number of nitrogens with one attached hydrogen (secondary N) is 1. The summed E-state index contributed by atoms with van der Waals surface area (Å²) in [6.07, 6.45) is 2.91. The number of aliphatic hydroxyl groups is 1. The Labute approximate surface area is 86.3 Å². The minimum atomic E-state index is -0.272. The Kier molecular flexibility index (Phi) is 2.55. The minimum absolute atomic E-state index is 0.0922. The van der Waals surface area contributed by atoms with Crippen LogP contribution in [0.5, 0.6) is 0 Å². The molecule has 1 aliphatic rings. The number of aromatic amines is 1. The Balaban J connectivity index is 2.10. The number of carbonyl (C=O) groups is 1. The maximum atomic E-state index is 11.7. The van der Waals surface area contributed by atoms with Crippen molar-refractivity contribution in [2.45, 2.75) is 0 Å². The summed E-state index contributed by atoms with van der Waals surface area (Å²) in [5.74, 6) is -0.0988. The monoisotopic (exact) mass is 208 g/mol. The lowest BCUT2D eigenvalue weighted by Gasteiger charge is -2.38. The van der Waals surface area contributed by atoms with Crippen molar-refractivity contribution in [3.05, 3.63) is 34.2 Å². The first kappa shape index (κ1) is 9.92. The molecule has 0 aliphatic carbocycles. The smallest absolute Gasteiger partial charge is 0.259 e. The maximum Gasteiger partial charge on any atom is 0.259 e. The molecule has 2 heterocycles. The van der Waals surface area contributed by atoms with Gasteiger partial charge in [0.2, 0.25) is 0 Å². The Morgan fingerprint density at radius 1 is 1.60 bits per heavy atom. The molecule has 1 fully saturated rings. The van der Waals surface area contributed by atoms with Crippen molar-refractivity contribution in [3.8, 4) is 0 Å². The Bertz CT molecular complexity index is 421. The molecule has 1 aromatic rings. The second-order valence-electron chi connectivity index (χ2n) is 3.68. The lowest BCUT2D eigenvalue weighted by Crippen LogP contribution is -2.52. The number of hydrogen-bond donors (Lipinski definition) is 2. The van der Waals surface area contributed by atoms with Crippen molar-refractivity contribution in [1.82, 2.24) is 9.88 Å². The summed E-state index contributed by atoms with van der Waals surface area (Å²) in [6, 6.07) is 1.33. The average Bonchev–Trinajstić information content (AvgIpc) is 2.16. The number of likely N-dealkylation sites (tertiary alicyclic amines) is 1. The molecule has 2 rings (SSSR count). The van der Waals surface area contributed by atoms with E-state index in [0.29, 0.717) is 13.1 Å². The molecule has 0 unspecified atom stereocenters. The van der Waals surface area contributed by atoms with Crippen LogP contribution < -0.4 is 5.43 Å². The fourth-order valence-corrected chi connectivity index (χ4v) is 1.60. The van der Waals surface area contributed by atoms with Crippen LogP contribution in [-0.2, 0) is 0 Å². The zero-order valence-corrected chi connectivity index (χ0v) is 8.14. The second kappa shape index (κ2) is 3.86. The molecule has 5 nitrogen and oxygen atoms in total. The van der Waals surface area contributed by atoms with E-state index < -0.39 is 0 Å². The van der Waals surface area contributed by atoms with Crippen LogP contribution in [0, 0.1) is 5.92 Å². The first-order chi connectivity index (χ1) is 7.22. The van der Waals surface area contributed by atoms with Crippen LogP contribution in [0.1, 0.15) is 10.4 Å². The molecular formula is C10H12N2O3.